The number of carbonyl (C=O) groups excluding carboxylic acids is 1. The zero-order valence-electron chi connectivity index (χ0n) is 10.9. The number of benzene rings is 1. The number of rotatable bonds is 3. The number of amides is 1. The third-order valence-corrected chi connectivity index (χ3v) is 2.63. The Morgan fingerprint density at radius 1 is 1.20 bits per heavy atom. The Kier molecular flexibility index (Phi) is 4.68. The van der Waals surface area contributed by atoms with Crippen molar-refractivity contribution in [2.45, 2.75) is 6.92 Å². The van der Waals surface area contributed by atoms with Crippen LogP contribution in [0.4, 0.5) is 5.69 Å². The van der Waals surface area contributed by atoms with Gasteiger partial charge in [-0.15, -0.1) is 0 Å². The van der Waals surface area contributed by atoms with Crippen LogP contribution >= 0.6 is 12.2 Å². The van der Waals surface area contributed by atoms with Gasteiger partial charge in [0.25, 0.3) is 0 Å². The van der Waals surface area contributed by atoms with Crippen LogP contribution < -0.4 is 10.6 Å². The highest BCUT2D eigenvalue weighted by atomic mass is 32.1. The van der Waals surface area contributed by atoms with Gasteiger partial charge in [0.05, 0.1) is 0 Å². The smallest absolute Gasteiger partial charge is 0.250 e. The maximum absolute atomic E-state index is 11.7. The lowest BCUT2D eigenvalue weighted by Crippen LogP contribution is -2.32. The van der Waals surface area contributed by atoms with Crippen molar-refractivity contribution in [2.75, 3.05) is 5.32 Å². The van der Waals surface area contributed by atoms with Crippen molar-refractivity contribution in [3.05, 3.63) is 60.1 Å². The Bertz CT molecular complexity index is 632. The molecule has 1 aromatic heterocycles. The molecule has 102 valence electrons. The summed E-state index contributed by atoms with van der Waals surface area (Å²) in [5.74, 6) is 1.11. The van der Waals surface area contributed by atoms with Gasteiger partial charge in [-0.2, -0.15) is 0 Å². The molecule has 0 spiro atoms. The van der Waals surface area contributed by atoms with Crippen molar-refractivity contribution in [3.63, 3.8) is 0 Å². The summed E-state index contributed by atoms with van der Waals surface area (Å²) in [4.78, 5) is 11.7. The highest BCUT2D eigenvalue weighted by Crippen LogP contribution is 2.07. The van der Waals surface area contributed by atoms with Crippen molar-refractivity contribution in [3.8, 4) is 0 Å². The summed E-state index contributed by atoms with van der Waals surface area (Å²) in [6.07, 6.45) is 2.96. The van der Waals surface area contributed by atoms with Gasteiger partial charge in [-0.3, -0.25) is 10.1 Å². The minimum Gasteiger partial charge on any atom is -0.462 e. The standard InChI is InChI=1S/C15H14N2O2S/c1-11-7-8-13(19-11)9-10-14(18)17-15(20)16-12-5-3-2-4-6-12/h2-10H,1H3,(H2,16,17,18,20)/b10-9+. The van der Waals surface area contributed by atoms with Crippen molar-refractivity contribution in [2.24, 2.45) is 0 Å². The lowest BCUT2D eigenvalue weighted by molar-refractivity contribution is -0.115. The molecule has 1 aromatic carbocycles. The third-order valence-electron chi connectivity index (χ3n) is 2.43. The van der Waals surface area contributed by atoms with E-state index in [4.69, 9.17) is 16.6 Å². The van der Waals surface area contributed by atoms with Crippen molar-refractivity contribution in [1.29, 1.82) is 0 Å². The Morgan fingerprint density at radius 2 is 1.95 bits per heavy atom. The monoisotopic (exact) mass is 286 g/mol. The van der Waals surface area contributed by atoms with Gasteiger partial charge in [-0.25, -0.2) is 0 Å². The van der Waals surface area contributed by atoms with E-state index >= 15 is 0 Å². The molecule has 0 radical (unpaired) electrons. The van der Waals surface area contributed by atoms with Gasteiger partial charge in [-0.1, -0.05) is 18.2 Å². The van der Waals surface area contributed by atoms with Crippen LogP contribution in [0.3, 0.4) is 0 Å². The van der Waals surface area contributed by atoms with Crippen molar-refractivity contribution >= 4 is 35.0 Å². The predicted molar refractivity (Wildman–Crippen MR) is 83.3 cm³/mol. The molecule has 5 heteroatoms. The molecule has 0 saturated carbocycles. The first kappa shape index (κ1) is 14.0. The van der Waals surface area contributed by atoms with E-state index in [9.17, 15) is 4.79 Å². The fourth-order valence-electron chi connectivity index (χ4n) is 1.54. The molecule has 0 aliphatic heterocycles. The first-order valence-corrected chi connectivity index (χ1v) is 6.46. The summed E-state index contributed by atoms with van der Waals surface area (Å²) in [6.45, 7) is 1.84. The molecule has 0 saturated heterocycles. The lowest BCUT2D eigenvalue weighted by Gasteiger charge is -2.07. The largest absolute Gasteiger partial charge is 0.462 e. The van der Waals surface area contributed by atoms with Crippen LogP contribution in [0.1, 0.15) is 11.5 Å². The van der Waals surface area contributed by atoms with Crippen LogP contribution in [0.5, 0.6) is 0 Å². The van der Waals surface area contributed by atoms with Gasteiger partial charge in [0.1, 0.15) is 11.5 Å². The molecular weight excluding hydrogens is 272 g/mol. The van der Waals surface area contributed by atoms with Crippen LogP contribution in [-0.2, 0) is 4.79 Å². The van der Waals surface area contributed by atoms with Gasteiger partial charge in [0, 0.05) is 11.8 Å². The summed E-state index contributed by atoms with van der Waals surface area (Å²) in [5.41, 5.74) is 0.823. The second-order valence-corrected chi connectivity index (χ2v) is 4.50. The molecule has 0 fully saturated rings. The van der Waals surface area contributed by atoms with E-state index in [1.165, 1.54) is 6.08 Å². The molecule has 0 aliphatic carbocycles. The summed E-state index contributed by atoms with van der Waals surface area (Å²) in [6, 6.07) is 13.0. The summed E-state index contributed by atoms with van der Waals surface area (Å²) in [5, 5.41) is 5.73. The van der Waals surface area contributed by atoms with Gasteiger partial charge in [-0.05, 0) is 49.5 Å². The molecular formula is C15H14N2O2S. The van der Waals surface area contributed by atoms with E-state index in [0.717, 1.165) is 11.4 Å². The van der Waals surface area contributed by atoms with Crippen LogP contribution in [0.15, 0.2) is 53.0 Å². The lowest BCUT2D eigenvalue weighted by atomic mass is 10.3. The first-order chi connectivity index (χ1) is 9.63. The Hall–Kier alpha value is -2.40. The molecule has 0 bridgehead atoms. The maximum Gasteiger partial charge on any atom is 0.250 e. The predicted octanol–water partition coefficient (Wildman–Crippen LogP) is 3.11. The van der Waals surface area contributed by atoms with E-state index in [1.54, 1.807) is 12.1 Å². The number of aryl methyl sites for hydroxylation is 1. The molecule has 1 amide bonds. The minimum absolute atomic E-state index is 0.251. The third kappa shape index (κ3) is 4.37. The zero-order valence-corrected chi connectivity index (χ0v) is 11.7. The van der Waals surface area contributed by atoms with E-state index in [0.29, 0.717) is 5.76 Å². The number of anilines is 1. The number of carbonyl (C=O) groups is 1. The molecule has 0 atom stereocenters. The van der Waals surface area contributed by atoms with E-state index in [1.807, 2.05) is 43.3 Å². The molecule has 2 rings (SSSR count). The highest BCUT2D eigenvalue weighted by Gasteiger charge is 2.01. The summed E-state index contributed by atoms with van der Waals surface area (Å²) in [7, 11) is 0. The van der Waals surface area contributed by atoms with Gasteiger partial charge in [0.15, 0.2) is 5.11 Å². The normalized spacial score (nSPS) is 10.4. The average molecular weight is 286 g/mol. The number of para-hydroxylation sites is 1. The number of hydrogen-bond acceptors (Lipinski definition) is 3. The number of nitrogens with one attached hydrogen (secondary N) is 2. The second-order valence-electron chi connectivity index (χ2n) is 4.09. The highest BCUT2D eigenvalue weighted by molar-refractivity contribution is 7.80. The van der Waals surface area contributed by atoms with E-state index in [2.05, 4.69) is 10.6 Å². The van der Waals surface area contributed by atoms with Crippen LogP contribution in [0, 0.1) is 6.92 Å². The Balaban J connectivity index is 1.85. The van der Waals surface area contributed by atoms with Crippen LogP contribution in [0.2, 0.25) is 0 Å². The van der Waals surface area contributed by atoms with Crippen molar-refractivity contribution < 1.29 is 9.21 Å². The molecule has 2 aromatic rings. The fourth-order valence-corrected chi connectivity index (χ4v) is 1.76. The number of furan rings is 1. The SMILES string of the molecule is Cc1ccc(/C=C/C(=O)NC(=S)Nc2ccccc2)o1. The van der Waals surface area contributed by atoms with Crippen molar-refractivity contribution in [1.82, 2.24) is 5.32 Å². The molecule has 4 nitrogen and oxygen atoms in total. The average Bonchev–Trinajstić information content (AvgIpc) is 2.83. The first-order valence-electron chi connectivity index (χ1n) is 6.05. The zero-order chi connectivity index (χ0) is 14.4. The quantitative estimate of drug-likeness (QED) is 0.672. The minimum atomic E-state index is -0.313. The Labute approximate surface area is 122 Å². The maximum atomic E-state index is 11.7. The number of hydrogen-bond donors (Lipinski definition) is 2. The summed E-state index contributed by atoms with van der Waals surface area (Å²) < 4.78 is 5.32. The van der Waals surface area contributed by atoms with Crippen LogP contribution in [-0.4, -0.2) is 11.0 Å². The van der Waals surface area contributed by atoms with Gasteiger partial charge < -0.3 is 9.73 Å². The number of thiocarbonyl (C=S) groups is 1. The van der Waals surface area contributed by atoms with Gasteiger partial charge >= 0.3 is 0 Å². The van der Waals surface area contributed by atoms with E-state index < -0.39 is 0 Å². The molecule has 1 heterocycles. The topological polar surface area (TPSA) is 54.3 Å². The molecule has 20 heavy (non-hydrogen) atoms. The molecule has 2 N–H and O–H groups in total. The summed E-state index contributed by atoms with van der Waals surface area (Å²) >= 11 is 5.05. The molecule has 0 unspecified atom stereocenters. The van der Waals surface area contributed by atoms with Gasteiger partial charge in [0.2, 0.25) is 5.91 Å². The van der Waals surface area contributed by atoms with Crippen LogP contribution in [0.25, 0.3) is 6.08 Å². The second kappa shape index (κ2) is 6.68. The molecule has 0 aliphatic rings. The Morgan fingerprint density at radius 3 is 2.60 bits per heavy atom. The van der Waals surface area contributed by atoms with E-state index in [-0.39, 0.29) is 11.0 Å². The fraction of sp³-hybridized carbons (Fsp3) is 0.0667.